The van der Waals surface area contributed by atoms with Gasteiger partial charge in [-0.25, -0.2) is 0 Å². The summed E-state index contributed by atoms with van der Waals surface area (Å²) in [6, 6.07) is 3.10. The molecule has 0 heterocycles. The molecule has 1 atom stereocenters. The Kier molecular flexibility index (Phi) is 4.89. The maximum absolute atomic E-state index is 10.7. The molecular formula is C11H14BrNO4. The van der Waals surface area contributed by atoms with Crippen LogP contribution in [0.25, 0.3) is 0 Å². The quantitative estimate of drug-likeness (QED) is 0.515. The Hall–Kier alpha value is -1.14. The van der Waals surface area contributed by atoms with Crippen molar-refractivity contribution in [2.75, 3.05) is 11.9 Å². The van der Waals surface area contributed by atoms with Crippen LogP contribution in [0.4, 0.5) is 5.69 Å². The first-order valence-corrected chi connectivity index (χ1v) is 6.20. The smallest absolute Gasteiger partial charge is 0.272 e. The van der Waals surface area contributed by atoms with E-state index in [2.05, 4.69) is 15.9 Å². The van der Waals surface area contributed by atoms with Gasteiger partial charge in [-0.05, 0) is 25.5 Å². The van der Waals surface area contributed by atoms with Gasteiger partial charge in [-0.15, -0.1) is 0 Å². The lowest BCUT2D eigenvalue weighted by molar-refractivity contribution is -0.385. The lowest BCUT2D eigenvalue weighted by atomic mass is 10.1. The molecule has 0 amide bonds. The van der Waals surface area contributed by atoms with E-state index < -0.39 is 11.0 Å². The van der Waals surface area contributed by atoms with Crippen molar-refractivity contribution in [1.82, 2.24) is 0 Å². The molecular weight excluding hydrogens is 290 g/mol. The molecule has 0 aromatic heterocycles. The minimum absolute atomic E-state index is 0.0795. The molecule has 1 N–H and O–H groups in total. The lowest BCUT2D eigenvalue weighted by Crippen LogP contribution is -2.19. The number of aryl methyl sites for hydroxylation is 2. The van der Waals surface area contributed by atoms with Crippen molar-refractivity contribution < 1.29 is 14.8 Å². The number of aliphatic hydroxyl groups excluding tert-OH is 1. The first-order chi connectivity index (χ1) is 7.95. The second-order valence-electron chi connectivity index (χ2n) is 3.78. The van der Waals surface area contributed by atoms with Gasteiger partial charge in [0.05, 0.1) is 11.0 Å². The molecule has 94 valence electrons. The maximum atomic E-state index is 10.7. The molecule has 5 nitrogen and oxygen atoms in total. The Morgan fingerprint density at radius 2 is 2.12 bits per heavy atom. The van der Waals surface area contributed by atoms with Gasteiger partial charge in [0, 0.05) is 17.0 Å². The lowest BCUT2D eigenvalue weighted by Gasteiger charge is -2.12. The summed E-state index contributed by atoms with van der Waals surface area (Å²) in [5, 5.41) is 20.5. The highest BCUT2D eigenvalue weighted by Gasteiger charge is 2.14. The zero-order valence-electron chi connectivity index (χ0n) is 9.64. The summed E-state index contributed by atoms with van der Waals surface area (Å²) >= 11 is 3.13. The van der Waals surface area contributed by atoms with Crippen LogP contribution < -0.4 is 4.74 Å². The van der Waals surface area contributed by atoms with Crippen molar-refractivity contribution in [3.05, 3.63) is 33.4 Å². The SMILES string of the molecule is Cc1cc([N+](=O)[O-])c(C)cc1OCC(O)CBr. The van der Waals surface area contributed by atoms with E-state index >= 15 is 0 Å². The van der Waals surface area contributed by atoms with Gasteiger partial charge in [0.2, 0.25) is 0 Å². The Morgan fingerprint density at radius 1 is 1.47 bits per heavy atom. The van der Waals surface area contributed by atoms with E-state index in [-0.39, 0.29) is 12.3 Å². The molecule has 0 aliphatic heterocycles. The van der Waals surface area contributed by atoms with Crippen LogP contribution >= 0.6 is 15.9 Å². The standard InChI is InChI=1S/C11H14BrNO4/c1-7-4-11(17-6-9(14)5-12)8(2)3-10(7)13(15)16/h3-4,9,14H,5-6H2,1-2H3. The van der Waals surface area contributed by atoms with Crippen LogP contribution in [0.3, 0.4) is 0 Å². The van der Waals surface area contributed by atoms with Crippen molar-refractivity contribution in [2.45, 2.75) is 20.0 Å². The summed E-state index contributed by atoms with van der Waals surface area (Å²) in [6.07, 6.45) is -0.593. The van der Waals surface area contributed by atoms with E-state index in [4.69, 9.17) is 4.74 Å². The van der Waals surface area contributed by atoms with Gasteiger partial charge >= 0.3 is 0 Å². The van der Waals surface area contributed by atoms with Gasteiger partial charge in [-0.1, -0.05) is 15.9 Å². The third-order valence-electron chi connectivity index (χ3n) is 2.30. The minimum atomic E-state index is -0.593. The number of nitro groups is 1. The fourth-order valence-corrected chi connectivity index (χ4v) is 1.54. The van der Waals surface area contributed by atoms with Crippen molar-refractivity contribution in [1.29, 1.82) is 0 Å². The number of rotatable bonds is 5. The van der Waals surface area contributed by atoms with Crippen molar-refractivity contribution >= 4 is 21.6 Å². The van der Waals surface area contributed by atoms with Crippen LogP contribution in [0, 0.1) is 24.0 Å². The summed E-state index contributed by atoms with van der Waals surface area (Å²) in [5.74, 6) is 0.563. The van der Waals surface area contributed by atoms with E-state index in [1.54, 1.807) is 19.9 Å². The highest BCUT2D eigenvalue weighted by atomic mass is 79.9. The average Bonchev–Trinajstić information content (AvgIpc) is 2.28. The Labute approximate surface area is 108 Å². The van der Waals surface area contributed by atoms with E-state index in [1.165, 1.54) is 6.07 Å². The highest BCUT2D eigenvalue weighted by molar-refractivity contribution is 9.09. The number of nitrogens with zero attached hydrogens (tertiary/aromatic N) is 1. The number of hydrogen-bond donors (Lipinski definition) is 1. The molecule has 0 spiro atoms. The third-order valence-corrected chi connectivity index (χ3v) is 3.05. The zero-order valence-corrected chi connectivity index (χ0v) is 11.2. The Bertz CT molecular complexity index is 422. The first kappa shape index (κ1) is 13.9. The Morgan fingerprint density at radius 3 is 2.65 bits per heavy atom. The number of aliphatic hydroxyl groups is 1. The summed E-state index contributed by atoms with van der Waals surface area (Å²) in [7, 11) is 0. The van der Waals surface area contributed by atoms with Crippen molar-refractivity contribution in [3.8, 4) is 5.75 Å². The van der Waals surface area contributed by atoms with Gasteiger partial charge in [0.1, 0.15) is 12.4 Å². The second kappa shape index (κ2) is 5.97. The van der Waals surface area contributed by atoms with E-state index in [0.717, 1.165) is 0 Å². The normalized spacial score (nSPS) is 12.2. The molecule has 1 aromatic rings. The monoisotopic (exact) mass is 303 g/mol. The van der Waals surface area contributed by atoms with Crippen LogP contribution in [0.1, 0.15) is 11.1 Å². The molecule has 0 aliphatic rings. The number of ether oxygens (including phenoxy) is 1. The highest BCUT2D eigenvalue weighted by Crippen LogP contribution is 2.27. The molecule has 0 saturated carbocycles. The van der Waals surface area contributed by atoms with E-state index in [0.29, 0.717) is 22.2 Å². The topological polar surface area (TPSA) is 72.6 Å². The van der Waals surface area contributed by atoms with E-state index in [9.17, 15) is 15.2 Å². The van der Waals surface area contributed by atoms with Gasteiger partial charge in [0.25, 0.3) is 5.69 Å². The third kappa shape index (κ3) is 3.67. The summed E-state index contributed by atoms with van der Waals surface area (Å²) in [6.45, 7) is 3.55. The van der Waals surface area contributed by atoms with Crippen LogP contribution in [0.5, 0.6) is 5.75 Å². The molecule has 6 heteroatoms. The molecule has 0 fully saturated rings. The molecule has 0 saturated heterocycles. The van der Waals surface area contributed by atoms with Crippen molar-refractivity contribution in [2.24, 2.45) is 0 Å². The van der Waals surface area contributed by atoms with Gasteiger partial charge in [0.15, 0.2) is 0 Å². The Balaban J connectivity index is 2.88. The molecule has 17 heavy (non-hydrogen) atoms. The summed E-state index contributed by atoms with van der Waals surface area (Å²) in [4.78, 5) is 10.3. The zero-order chi connectivity index (χ0) is 13.0. The summed E-state index contributed by atoms with van der Waals surface area (Å²) in [5.41, 5.74) is 1.31. The molecule has 0 radical (unpaired) electrons. The predicted molar refractivity (Wildman–Crippen MR) is 67.9 cm³/mol. The molecule has 1 aromatic carbocycles. The van der Waals surface area contributed by atoms with Gasteiger partial charge in [-0.2, -0.15) is 0 Å². The molecule has 0 bridgehead atoms. The molecule has 0 aliphatic carbocycles. The van der Waals surface area contributed by atoms with Crippen LogP contribution in [0.15, 0.2) is 12.1 Å². The minimum Gasteiger partial charge on any atom is -0.491 e. The number of benzene rings is 1. The first-order valence-electron chi connectivity index (χ1n) is 5.08. The van der Waals surface area contributed by atoms with Crippen LogP contribution in [-0.2, 0) is 0 Å². The van der Waals surface area contributed by atoms with E-state index in [1.807, 2.05) is 0 Å². The van der Waals surface area contributed by atoms with Crippen molar-refractivity contribution in [3.63, 3.8) is 0 Å². The fourth-order valence-electron chi connectivity index (χ4n) is 1.36. The number of nitro benzene ring substituents is 1. The number of halogens is 1. The number of alkyl halides is 1. The molecule has 1 unspecified atom stereocenters. The second-order valence-corrected chi connectivity index (χ2v) is 4.43. The largest absolute Gasteiger partial charge is 0.491 e. The predicted octanol–water partition coefficient (Wildman–Crippen LogP) is 2.35. The fraction of sp³-hybridized carbons (Fsp3) is 0.455. The summed E-state index contributed by atoms with van der Waals surface area (Å²) < 4.78 is 5.40. The average molecular weight is 304 g/mol. The maximum Gasteiger partial charge on any atom is 0.272 e. The number of hydrogen-bond acceptors (Lipinski definition) is 4. The van der Waals surface area contributed by atoms with Gasteiger partial charge in [-0.3, -0.25) is 10.1 Å². The van der Waals surface area contributed by atoms with Crippen LogP contribution in [0.2, 0.25) is 0 Å². The van der Waals surface area contributed by atoms with Gasteiger partial charge < -0.3 is 9.84 Å². The molecule has 1 rings (SSSR count). The van der Waals surface area contributed by atoms with Crippen LogP contribution in [-0.4, -0.2) is 28.1 Å².